The lowest BCUT2D eigenvalue weighted by atomic mass is 9.97. The second-order valence-electron chi connectivity index (χ2n) is 4.52. The van der Waals surface area contributed by atoms with Crippen molar-refractivity contribution < 1.29 is 0 Å². The number of aromatic nitrogens is 2. The van der Waals surface area contributed by atoms with E-state index in [1.807, 2.05) is 0 Å². The molecule has 1 unspecified atom stereocenters. The lowest BCUT2D eigenvalue weighted by Crippen LogP contribution is -2.30. The van der Waals surface area contributed by atoms with E-state index < -0.39 is 0 Å². The molecule has 0 amide bonds. The van der Waals surface area contributed by atoms with Crippen LogP contribution in [-0.4, -0.2) is 35.0 Å². The highest BCUT2D eigenvalue weighted by Crippen LogP contribution is 2.25. The number of anilines is 1. The molecule has 0 saturated heterocycles. The van der Waals surface area contributed by atoms with Crippen LogP contribution in [0.25, 0.3) is 0 Å². The third kappa shape index (κ3) is 2.01. The van der Waals surface area contributed by atoms with Gasteiger partial charge in [-0.05, 0) is 7.05 Å². The molecule has 5 nitrogen and oxygen atoms in total. The molecule has 0 aromatic carbocycles. The van der Waals surface area contributed by atoms with E-state index in [0.717, 1.165) is 30.9 Å². The third-order valence-electron chi connectivity index (χ3n) is 3.12. The van der Waals surface area contributed by atoms with Crippen LogP contribution in [0.3, 0.4) is 0 Å². The fourth-order valence-electron chi connectivity index (χ4n) is 2.11. The molecule has 0 fully saturated rings. The number of nitrogens with zero attached hydrogens (tertiary/aromatic N) is 3. The first-order chi connectivity index (χ1) is 7.61. The fraction of sp³-hybridized carbons (Fsp3) is 0.636. The molecule has 2 rings (SSSR count). The summed E-state index contributed by atoms with van der Waals surface area (Å²) < 4.78 is 0. The Labute approximate surface area is 95.9 Å². The summed E-state index contributed by atoms with van der Waals surface area (Å²) in [7, 11) is 2.11. The Hall–Kier alpha value is -1.20. The summed E-state index contributed by atoms with van der Waals surface area (Å²) in [5.74, 6) is 0.615. The Morgan fingerprint density at radius 1 is 1.44 bits per heavy atom. The first-order valence-electron chi connectivity index (χ1n) is 5.65. The summed E-state index contributed by atoms with van der Waals surface area (Å²) in [6.45, 7) is 4.60. The highest BCUT2D eigenvalue weighted by atomic mass is 15.1. The molecule has 0 bridgehead atoms. The number of likely N-dealkylation sites (N-methyl/N-ethyl adjacent to an activating group) is 1. The molecule has 0 spiro atoms. The van der Waals surface area contributed by atoms with E-state index in [2.05, 4.69) is 28.8 Å². The Morgan fingerprint density at radius 3 is 2.88 bits per heavy atom. The normalized spacial score (nSPS) is 18.2. The van der Waals surface area contributed by atoms with Gasteiger partial charge < -0.3 is 16.4 Å². The van der Waals surface area contributed by atoms with Crippen molar-refractivity contribution in [3.63, 3.8) is 0 Å². The molecule has 0 aliphatic carbocycles. The number of hydrogen-bond acceptors (Lipinski definition) is 5. The Morgan fingerprint density at radius 2 is 2.19 bits per heavy atom. The van der Waals surface area contributed by atoms with Crippen molar-refractivity contribution in [3.05, 3.63) is 17.0 Å². The van der Waals surface area contributed by atoms with Crippen LogP contribution in [0.4, 0.5) is 5.95 Å². The zero-order valence-corrected chi connectivity index (χ0v) is 9.90. The summed E-state index contributed by atoms with van der Waals surface area (Å²) in [6.07, 6.45) is 0.947. The van der Waals surface area contributed by atoms with Gasteiger partial charge in [-0.3, -0.25) is 0 Å². The quantitative estimate of drug-likeness (QED) is 0.740. The van der Waals surface area contributed by atoms with Crippen LogP contribution in [0.2, 0.25) is 0 Å². The summed E-state index contributed by atoms with van der Waals surface area (Å²) in [5, 5.41) is 0. The van der Waals surface area contributed by atoms with Gasteiger partial charge in [-0.2, -0.15) is 0 Å². The van der Waals surface area contributed by atoms with Crippen molar-refractivity contribution in [3.8, 4) is 0 Å². The van der Waals surface area contributed by atoms with E-state index in [-0.39, 0.29) is 5.92 Å². The summed E-state index contributed by atoms with van der Waals surface area (Å²) >= 11 is 0. The van der Waals surface area contributed by atoms with Gasteiger partial charge in [-0.25, -0.2) is 9.97 Å². The maximum Gasteiger partial charge on any atom is 0.220 e. The van der Waals surface area contributed by atoms with Crippen LogP contribution in [0.15, 0.2) is 0 Å². The number of nitrogen functional groups attached to an aromatic ring is 1. The van der Waals surface area contributed by atoms with Crippen LogP contribution in [0, 0.1) is 0 Å². The zero-order chi connectivity index (χ0) is 11.7. The van der Waals surface area contributed by atoms with Crippen LogP contribution < -0.4 is 11.5 Å². The third-order valence-corrected chi connectivity index (χ3v) is 3.12. The average Bonchev–Trinajstić information content (AvgIpc) is 2.27. The predicted molar refractivity (Wildman–Crippen MR) is 64.0 cm³/mol. The van der Waals surface area contributed by atoms with Crippen LogP contribution in [0.1, 0.15) is 29.8 Å². The largest absolute Gasteiger partial charge is 0.368 e. The first kappa shape index (κ1) is 11.3. The molecular weight excluding hydrogens is 202 g/mol. The molecule has 16 heavy (non-hydrogen) atoms. The Bertz CT molecular complexity index is 390. The van der Waals surface area contributed by atoms with Gasteiger partial charge in [-0.1, -0.05) is 6.92 Å². The topological polar surface area (TPSA) is 81.1 Å². The monoisotopic (exact) mass is 221 g/mol. The number of rotatable bonds is 2. The maximum atomic E-state index is 5.73. The van der Waals surface area contributed by atoms with Gasteiger partial charge in [0.2, 0.25) is 5.95 Å². The van der Waals surface area contributed by atoms with E-state index in [1.165, 1.54) is 5.56 Å². The molecule has 0 radical (unpaired) electrons. The number of nitrogens with two attached hydrogens (primary N) is 2. The van der Waals surface area contributed by atoms with E-state index in [1.54, 1.807) is 0 Å². The molecular formula is C11H19N5. The van der Waals surface area contributed by atoms with Gasteiger partial charge in [0, 0.05) is 37.5 Å². The average molecular weight is 221 g/mol. The lowest BCUT2D eigenvalue weighted by Gasteiger charge is -2.27. The molecule has 1 aromatic rings. The molecule has 1 aliphatic heterocycles. The number of fused-ring (bicyclic) bond motifs is 1. The molecule has 88 valence electrons. The van der Waals surface area contributed by atoms with Gasteiger partial charge >= 0.3 is 0 Å². The SMILES string of the molecule is CC(CN)c1nc(N)nc2c1CN(C)CC2. The minimum absolute atomic E-state index is 0.241. The standard InChI is InChI=1S/C11H19N5/c1-7(5-12)10-8-6-16(2)4-3-9(8)14-11(13)15-10/h7H,3-6,12H2,1-2H3,(H2,13,14,15). The van der Waals surface area contributed by atoms with E-state index in [9.17, 15) is 0 Å². The van der Waals surface area contributed by atoms with Crippen molar-refractivity contribution in [2.45, 2.75) is 25.8 Å². The summed E-state index contributed by atoms with van der Waals surface area (Å²) in [6, 6.07) is 0. The summed E-state index contributed by atoms with van der Waals surface area (Å²) in [4.78, 5) is 10.9. The lowest BCUT2D eigenvalue weighted by molar-refractivity contribution is 0.306. The molecule has 1 atom stereocenters. The maximum absolute atomic E-state index is 5.73. The highest BCUT2D eigenvalue weighted by molar-refractivity contribution is 5.35. The molecule has 0 saturated carbocycles. The highest BCUT2D eigenvalue weighted by Gasteiger charge is 2.22. The van der Waals surface area contributed by atoms with E-state index in [4.69, 9.17) is 11.5 Å². The Kier molecular flexibility index (Phi) is 3.07. The predicted octanol–water partition coefficient (Wildman–Crippen LogP) is 0.109. The van der Waals surface area contributed by atoms with E-state index >= 15 is 0 Å². The van der Waals surface area contributed by atoms with Gasteiger partial charge in [0.25, 0.3) is 0 Å². The second kappa shape index (κ2) is 4.35. The van der Waals surface area contributed by atoms with Crippen molar-refractivity contribution in [1.29, 1.82) is 0 Å². The van der Waals surface area contributed by atoms with Gasteiger partial charge in [0.15, 0.2) is 0 Å². The molecule has 1 aliphatic rings. The number of hydrogen-bond donors (Lipinski definition) is 2. The minimum Gasteiger partial charge on any atom is -0.368 e. The van der Waals surface area contributed by atoms with Crippen molar-refractivity contribution in [1.82, 2.24) is 14.9 Å². The van der Waals surface area contributed by atoms with Gasteiger partial charge in [-0.15, -0.1) is 0 Å². The second-order valence-corrected chi connectivity index (χ2v) is 4.52. The molecule has 4 N–H and O–H groups in total. The zero-order valence-electron chi connectivity index (χ0n) is 9.90. The van der Waals surface area contributed by atoms with E-state index in [0.29, 0.717) is 12.5 Å². The van der Waals surface area contributed by atoms with Crippen molar-refractivity contribution >= 4 is 5.95 Å². The van der Waals surface area contributed by atoms with Crippen LogP contribution in [0.5, 0.6) is 0 Å². The smallest absolute Gasteiger partial charge is 0.220 e. The molecule has 1 aromatic heterocycles. The fourth-order valence-corrected chi connectivity index (χ4v) is 2.11. The molecule has 2 heterocycles. The van der Waals surface area contributed by atoms with Crippen molar-refractivity contribution in [2.75, 3.05) is 25.9 Å². The Balaban J connectivity index is 2.47. The first-order valence-corrected chi connectivity index (χ1v) is 5.65. The summed E-state index contributed by atoms with van der Waals surface area (Å²) in [5.41, 5.74) is 14.8. The minimum atomic E-state index is 0.241. The molecule has 5 heteroatoms. The van der Waals surface area contributed by atoms with Gasteiger partial charge in [0.05, 0.1) is 11.4 Å². The van der Waals surface area contributed by atoms with Crippen LogP contribution in [-0.2, 0) is 13.0 Å². The van der Waals surface area contributed by atoms with Crippen molar-refractivity contribution in [2.24, 2.45) is 5.73 Å². The van der Waals surface area contributed by atoms with Crippen LogP contribution >= 0.6 is 0 Å². The van der Waals surface area contributed by atoms with Gasteiger partial charge in [0.1, 0.15) is 0 Å².